The summed E-state index contributed by atoms with van der Waals surface area (Å²) in [5, 5.41) is 29.5. The van der Waals surface area contributed by atoms with E-state index in [0.29, 0.717) is 19.3 Å². The zero-order chi connectivity index (χ0) is 20.6. The van der Waals surface area contributed by atoms with Gasteiger partial charge in [0.05, 0.1) is 23.9 Å². The molecule has 1 unspecified atom stereocenters. The van der Waals surface area contributed by atoms with Gasteiger partial charge in [-0.25, -0.2) is 4.39 Å². The summed E-state index contributed by atoms with van der Waals surface area (Å²) < 4.78 is 19.3. The Balaban J connectivity index is 1.80. The number of alkyl halides is 1. The van der Waals surface area contributed by atoms with Crippen molar-refractivity contribution in [2.75, 3.05) is 13.3 Å². The van der Waals surface area contributed by atoms with Crippen molar-refractivity contribution >= 4 is 5.78 Å². The van der Waals surface area contributed by atoms with Gasteiger partial charge in [0.1, 0.15) is 13.3 Å². The van der Waals surface area contributed by atoms with Crippen molar-refractivity contribution < 1.29 is 29.2 Å². The fourth-order valence-electron chi connectivity index (χ4n) is 4.58. The molecule has 6 atom stereocenters. The Bertz CT molecular complexity index is 511. The first kappa shape index (κ1) is 23.5. The molecule has 0 bridgehead atoms. The van der Waals surface area contributed by atoms with Gasteiger partial charge in [-0.3, -0.25) is 4.79 Å². The van der Waals surface area contributed by atoms with E-state index in [9.17, 15) is 19.4 Å². The van der Waals surface area contributed by atoms with Crippen LogP contribution in [-0.4, -0.2) is 58.3 Å². The molecule has 3 N–H and O–H groups in total. The number of fused-ring (bicyclic) bond motifs is 1. The van der Waals surface area contributed by atoms with E-state index in [1.807, 2.05) is 19.1 Å². The molecule has 1 saturated heterocycles. The van der Waals surface area contributed by atoms with Crippen LogP contribution in [0.15, 0.2) is 12.2 Å². The van der Waals surface area contributed by atoms with Crippen LogP contribution in [0.2, 0.25) is 0 Å². The van der Waals surface area contributed by atoms with Crippen molar-refractivity contribution in [3.63, 3.8) is 0 Å². The van der Waals surface area contributed by atoms with E-state index in [4.69, 9.17) is 9.84 Å². The number of halogens is 1. The van der Waals surface area contributed by atoms with E-state index in [-0.39, 0.29) is 42.9 Å². The highest BCUT2D eigenvalue weighted by Crippen LogP contribution is 2.45. The number of ether oxygens (including phenoxy) is 1. The number of hydrogen-bond donors (Lipinski definition) is 3. The Kier molecular flexibility index (Phi) is 9.54. The van der Waals surface area contributed by atoms with E-state index in [0.717, 1.165) is 38.5 Å². The Morgan fingerprint density at radius 3 is 2.75 bits per heavy atom. The normalized spacial score (nSPS) is 32.0. The maximum atomic E-state index is 13.2. The van der Waals surface area contributed by atoms with Crippen LogP contribution in [-0.2, 0) is 9.53 Å². The van der Waals surface area contributed by atoms with E-state index in [1.54, 1.807) is 0 Å². The quantitative estimate of drug-likeness (QED) is 0.327. The van der Waals surface area contributed by atoms with Crippen molar-refractivity contribution in [3.05, 3.63) is 12.2 Å². The molecule has 1 saturated carbocycles. The van der Waals surface area contributed by atoms with Crippen LogP contribution < -0.4 is 0 Å². The van der Waals surface area contributed by atoms with E-state index in [2.05, 4.69) is 0 Å². The molecule has 0 amide bonds. The molecule has 1 heterocycles. The second kappa shape index (κ2) is 11.4. The summed E-state index contributed by atoms with van der Waals surface area (Å²) in [6.45, 7) is 0.886. The number of aliphatic hydroxyl groups is 3. The minimum absolute atomic E-state index is 0.0130. The van der Waals surface area contributed by atoms with Crippen molar-refractivity contribution in [1.29, 1.82) is 0 Å². The lowest BCUT2D eigenvalue weighted by atomic mass is 9.88. The van der Waals surface area contributed by atoms with Gasteiger partial charge in [-0.15, -0.1) is 0 Å². The molecule has 162 valence electrons. The molecule has 0 aromatic carbocycles. The molecule has 2 rings (SSSR count). The van der Waals surface area contributed by atoms with Crippen LogP contribution in [0, 0.1) is 11.8 Å². The average Bonchev–Trinajstić information content (AvgIpc) is 3.20. The number of ketones is 1. The highest BCUT2D eigenvalue weighted by Gasteiger charge is 2.47. The summed E-state index contributed by atoms with van der Waals surface area (Å²) in [6, 6.07) is 0. The fraction of sp³-hybridized carbons (Fsp3) is 0.864. The van der Waals surface area contributed by atoms with Crippen LogP contribution >= 0.6 is 0 Å². The van der Waals surface area contributed by atoms with Gasteiger partial charge in [0.2, 0.25) is 0 Å². The lowest BCUT2D eigenvalue weighted by molar-refractivity contribution is -0.121. The van der Waals surface area contributed by atoms with E-state index >= 15 is 0 Å². The summed E-state index contributed by atoms with van der Waals surface area (Å²) in [6.07, 6.45) is 10.4. The molecular formula is C22H37FO5. The molecule has 2 aliphatic rings. The smallest absolute Gasteiger partial charge is 0.158 e. The van der Waals surface area contributed by atoms with E-state index < -0.39 is 18.4 Å². The van der Waals surface area contributed by atoms with Crippen LogP contribution in [0.3, 0.4) is 0 Å². The summed E-state index contributed by atoms with van der Waals surface area (Å²) in [7, 11) is 0. The number of carbonyl (C=O) groups is 1. The number of aliphatic hydroxyl groups excluding tert-OH is 2. The minimum atomic E-state index is -1.30. The van der Waals surface area contributed by atoms with Crippen LogP contribution in [0.5, 0.6) is 0 Å². The molecule has 0 radical (unpaired) electrons. The predicted octanol–water partition coefficient (Wildman–Crippen LogP) is 3.10. The maximum Gasteiger partial charge on any atom is 0.158 e. The average molecular weight is 401 g/mol. The SMILES string of the molecule is CCCCC(O)(CF)CC=C[C@@H]1[C@H]2C[C@H](CCCCC(=O)CO)O[C@@H]2C[C@H]1O. The van der Waals surface area contributed by atoms with Gasteiger partial charge in [-0.1, -0.05) is 38.3 Å². The fourth-order valence-corrected chi connectivity index (χ4v) is 4.58. The zero-order valence-electron chi connectivity index (χ0n) is 17.1. The van der Waals surface area contributed by atoms with Crippen molar-refractivity contribution in [2.24, 2.45) is 11.8 Å². The lowest BCUT2D eigenvalue weighted by Gasteiger charge is -2.24. The second-order valence-electron chi connectivity index (χ2n) is 8.61. The lowest BCUT2D eigenvalue weighted by Crippen LogP contribution is -2.30. The third kappa shape index (κ3) is 6.61. The molecule has 5 nitrogen and oxygen atoms in total. The highest BCUT2D eigenvalue weighted by molar-refractivity contribution is 5.79. The minimum Gasteiger partial charge on any atom is -0.392 e. The highest BCUT2D eigenvalue weighted by atomic mass is 19.1. The molecule has 1 aliphatic carbocycles. The van der Waals surface area contributed by atoms with E-state index in [1.165, 1.54) is 0 Å². The van der Waals surface area contributed by atoms with Gasteiger partial charge in [0.15, 0.2) is 5.78 Å². The first-order valence-corrected chi connectivity index (χ1v) is 10.8. The summed E-state index contributed by atoms with van der Waals surface area (Å²) >= 11 is 0. The molecule has 1 aliphatic heterocycles. The molecule has 0 spiro atoms. The van der Waals surface area contributed by atoms with Crippen molar-refractivity contribution in [3.8, 4) is 0 Å². The second-order valence-corrected chi connectivity index (χ2v) is 8.61. The maximum absolute atomic E-state index is 13.2. The molecule has 0 aromatic rings. The van der Waals surface area contributed by atoms with Crippen molar-refractivity contribution in [2.45, 2.75) is 95.0 Å². The molecule has 6 heteroatoms. The monoisotopic (exact) mass is 400 g/mol. The Hall–Kier alpha value is -0.820. The Morgan fingerprint density at radius 1 is 1.29 bits per heavy atom. The third-order valence-electron chi connectivity index (χ3n) is 6.30. The topological polar surface area (TPSA) is 87.0 Å². The van der Waals surface area contributed by atoms with Gasteiger partial charge in [-0.05, 0) is 38.0 Å². The van der Waals surface area contributed by atoms with Gasteiger partial charge in [0, 0.05) is 18.8 Å². The van der Waals surface area contributed by atoms with Gasteiger partial charge in [-0.2, -0.15) is 0 Å². The number of rotatable bonds is 13. The van der Waals surface area contributed by atoms with Crippen molar-refractivity contribution in [1.82, 2.24) is 0 Å². The van der Waals surface area contributed by atoms with Crippen LogP contribution in [0.4, 0.5) is 4.39 Å². The number of unbranched alkanes of at least 4 members (excludes halogenated alkanes) is 2. The zero-order valence-corrected chi connectivity index (χ0v) is 17.1. The molecule has 2 fully saturated rings. The van der Waals surface area contributed by atoms with Gasteiger partial charge >= 0.3 is 0 Å². The van der Waals surface area contributed by atoms with Gasteiger partial charge < -0.3 is 20.1 Å². The summed E-state index contributed by atoms with van der Waals surface area (Å²) in [5.41, 5.74) is -1.30. The predicted molar refractivity (Wildman–Crippen MR) is 106 cm³/mol. The Labute approximate surface area is 168 Å². The Morgan fingerprint density at radius 2 is 2.07 bits per heavy atom. The first-order valence-electron chi connectivity index (χ1n) is 10.8. The molecule has 0 aromatic heterocycles. The standard InChI is InChI=1S/C22H37FO5/c1-2-3-10-22(27,15-23)11-6-9-18-19-12-17(28-21(19)13-20(18)26)8-5-4-7-16(25)14-24/h6,9,17-21,24,26-27H,2-5,7-8,10-15H2,1H3/t17-,18+,19+,20+,21+,22?/m0/s1. The third-order valence-corrected chi connectivity index (χ3v) is 6.30. The van der Waals surface area contributed by atoms with Gasteiger partial charge in [0.25, 0.3) is 0 Å². The largest absolute Gasteiger partial charge is 0.392 e. The first-order chi connectivity index (χ1) is 13.4. The number of Topliss-reactive ketones (excluding diaryl/α,β-unsaturated/α-hetero) is 1. The van der Waals surface area contributed by atoms with Crippen LogP contribution in [0.25, 0.3) is 0 Å². The van der Waals surface area contributed by atoms with Crippen LogP contribution in [0.1, 0.15) is 71.1 Å². The summed E-state index contributed by atoms with van der Waals surface area (Å²) in [4.78, 5) is 11.1. The summed E-state index contributed by atoms with van der Waals surface area (Å²) in [5.74, 6) is 0.121. The number of hydrogen-bond acceptors (Lipinski definition) is 5. The number of carbonyl (C=O) groups excluding carboxylic acids is 1. The molecule has 28 heavy (non-hydrogen) atoms. The molecular weight excluding hydrogens is 363 g/mol.